The van der Waals surface area contributed by atoms with Crippen molar-refractivity contribution in [3.63, 3.8) is 0 Å². The molecule has 0 saturated carbocycles. The Morgan fingerprint density at radius 2 is 1.89 bits per heavy atom. The summed E-state index contributed by atoms with van der Waals surface area (Å²) in [6.07, 6.45) is -1.00. The second-order valence-electron chi connectivity index (χ2n) is 8.99. The number of fused-ring (bicyclic) bond motifs is 1. The maximum absolute atomic E-state index is 12.4. The van der Waals surface area contributed by atoms with E-state index in [0.717, 1.165) is 28.2 Å². The van der Waals surface area contributed by atoms with Crippen molar-refractivity contribution in [3.05, 3.63) is 68.6 Å². The summed E-state index contributed by atoms with van der Waals surface area (Å²) >= 11 is 0. The van der Waals surface area contributed by atoms with Crippen LogP contribution in [0.5, 0.6) is 11.5 Å². The number of hydrazine groups is 1. The predicted octanol–water partition coefficient (Wildman–Crippen LogP) is 3.08. The molecule has 1 aromatic carbocycles. The fraction of sp³-hybridized carbons (Fsp3) is 0.385. The molecule has 1 aliphatic rings. The molecule has 0 bridgehead atoms. The maximum Gasteiger partial charge on any atom is 0.252 e. The first-order chi connectivity index (χ1) is 16.7. The van der Waals surface area contributed by atoms with Gasteiger partial charge in [0.15, 0.2) is 11.5 Å². The molecule has 186 valence electrons. The van der Waals surface area contributed by atoms with Crippen molar-refractivity contribution in [2.24, 2.45) is 0 Å². The minimum Gasteiger partial charge on any atom is -0.493 e. The van der Waals surface area contributed by atoms with Gasteiger partial charge in [0, 0.05) is 47.1 Å². The van der Waals surface area contributed by atoms with Gasteiger partial charge in [-0.25, -0.2) is 10.4 Å². The number of anilines is 1. The van der Waals surface area contributed by atoms with E-state index < -0.39 is 6.23 Å². The third-order valence-corrected chi connectivity index (χ3v) is 6.25. The van der Waals surface area contributed by atoms with E-state index in [-0.39, 0.29) is 18.1 Å². The van der Waals surface area contributed by atoms with Gasteiger partial charge in [-0.2, -0.15) is 0 Å². The zero-order chi connectivity index (χ0) is 25.3. The average molecular weight is 480 g/mol. The maximum atomic E-state index is 12.4. The minimum absolute atomic E-state index is 0.152. The van der Waals surface area contributed by atoms with E-state index in [4.69, 9.17) is 14.5 Å². The van der Waals surface area contributed by atoms with Crippen molar-refractivity contribution >= 4 is 5.82 Å². The van der Waals surface area contributed by atoms with E-state index in [0.29, 0.717) is 34.9 Å². The zero-order valence-electron chi connectivity index (χ0n) is 21.0. The number of methoxy groups -OCH3 is 2. The molecule has 1 atom stereocenters. The Labute approximate surface area is 205 Å². The summed E-state index contributed by atoms with van der Waals surface area (Å²) in [4.78, 5) is 20.2. The van der Waals surface area contributed by atoms with Gasteiger partial charge in [-0.05, 0) is 63.6 Å². The van der Waals surface area contributed by atoms with Gasteiger partial charge in [-0.1, -0.05) is 0 Å². The second kappa shape index (κ2) is 10.1. The SMILES string of the molecule is COc1ccc(-c2cc(C(O)NCc3c(C)cc(C)[nH]c3=O)c3c(n2)N(C(C)C)NC3)cc1OC. The zero-order valence-corrected chi connectivity index (χ0v) is 21.0. The fourth-order valence-corrected chi connectivity index (χ4v) is 4.42. The molecule has 0 radical (unpaired) electrons. The summed E-state index contributed by atoms with van der Waals surface area (Å²) in [5.41, 5.74) is 8.65. The van der Waals surface area contributed by atoms with Crippen LogP contribution in [0, 0.1) is 13.8 Å². The highest BCUT2D eigenvalue weighted by molar-refractivity contribution is 5.69. The standard InChI is InChI=1S/C26H33N5O4/c1-14(2)31-24-20(13-28-31)18(25(32)27-12-19-15(3)9-16(4)29-26(19)33)11-21(30-24)17-7-8-22(34-5)23(10-17)35-6/h7-11,14,25,27-28,32H,12-13H2,1-6H3,(H,29,33). The molecule has 3 heterocycles. The van der Waals surface area contributed by atoms with Crippen LogP contribution in [0.4, 0.5) is 5.82 Å². The normalized spacial score (nSPS) is 13.8. The van der Waals surface area contributed by atoms with Crippen molar-refractivity contribution in [1.29, 1.82) is 0 Å². The minimum atomic E-state index is -1.00. The lowest BCUT2D eigenvalue weighted by molar-refractivity contribution is 0.136. The Bertz CT molecular complexity index is 1290. The van der Waals surface area contributed by atoms with Crippen LogP contribution in [0.3, 0.4) is 0 Å². The number of aryl methyl sites for hydroxylation is 2. The van der Waals surface area contributed by atoms with Gasteiger partial charge < -0.3 is 19.6 Å². The number of hydrogen-bond acceptors (Lipinski definition) is 8. The number of pyridine rings is 2. The van der Waals surface area contributed by atoms with Crippen LogP contribution >= 0.6 is 0 Å². The molecule has 0 aliphatic carbocycles. The Kier molecular flexibility index (Phi) is 7.11. The van der Waals surface area contributed by atoms with Crippen LogP contribution in [0.1, 0.15) is 48.0 Å². The van der Waals surface area contributed by atoms with Gasteiger partial charge in [0.25, 0.3) is 5.56 Å². The Morgan fingerprint density at radius 3 is 2.54 bits per heavy atom. The van der Waals surface area contributed by atoms with E-state index in [9.17, 15) is 9.90 Å². The van der Waals surface area contributed by atoms with Gasteiger partial charge in [0.05, 0.1) is 19.9 Å². The van der Waals surface area contributed by atoms with Gasteiger partial charge >= 0.3 is 0 Å². The van der Waals surface area contributed by atoms with Crippen LogP contribution in [0.25, 0.3) is 11.3 Å². The molecule has 4 rings (SSSR count). The molecular weight excluding hydrogens is 446 g/mol. The average Bonchev–Trinajstić information content (AvgIpc) is 3.26. The number of rotatable bonds is 8. The number of H-pyrrole nitrogens is 1. The lowest BCUT2D eigenvalue weighted by Gasteiger charge is -2.24. The molecule has 9 nitrogen and oxygen atoms in total. The van der Waals surface area contributed by atoms with E-state index in [1.54, 1.807) is 14.2 Å². The third-order valence-electron chi connectivity index (χ3n) is 6.25. The van der Waals surface area contributed by atoms with Crippen LogP contribution < -0.4 is 30.8 Å². The third kappa shape index (κ3) is 4.88. The number of aliphatic hydroxyl groups is 1. The van der Waals surface area contributed by atoms with Crippen LogP contribution in [0.15, 0.2) is 35.1 Å². The van der Waals surface area contributed by atoms with Crippen molar-refractivity contribution in [2.75, 3.05) is 19.2 Å². The number of hydrogen-bond donors (Lipinski definition) is 4. The lowest BCUT2D eigenvalue weighted by Crippen LogP contribution is -2.38. The molecule has 1 aliphatic heterocycles. The summed E-state index contributed by atoms with van der Waals surface area (Å²) < 4.78 is 10.8. The Morgan fingerprint density at radius 1 is 1.14 bits per heavy atom. The van der Waals surface area contributed by atoms with E-state index in [2.05, 4.69) is 29.6 Å². The lowest BCUT2D eigenvalue weighted by atomic mass is 10.0. The molecule has 3 aromatic rings. The predicted molar refractivity (Wildman–Crippen MR) is 136 cm³/mol. The molecule has 1 unspecified atom stereocenters. The van der Waals surface area contributed by atoms with Crippen LogP contribution in [0.2, 0.25) is 0 Å². The molecule has 0 saturated heterocycles. The molecule has 0 amide bonds. The van der Waals surface area contributed by atoms with Crippen LogP contribution in [-0.4, -0.2) is 35.3 Å². The fourth-order valence-electron chi connectivity index (χ4n) is 4.42. The first-order valence-corrected chi connectivity index (χ1v) is 11.6. The molecular formula is C26H33N5O4. The monoisotopic (exact) mass is 479 g/mol. The topological polar surface area (TPSA) is 112 Å². The van der Waals surface area contributed by atoms with Crippen molar-refractivity contribution in [3.8, 4) is 22.8 Å². The Hall–Kier alpha value is -3.40. The quantitative estimate of drug-likeness (QED) is 0.365. The van der Waals surface area contributed by atoms with Crippen molar-refractivity contribution in [2.45, 2.75) is 53.1 Å². The van der Waals surface area contributed by atoms with E-state index in [1.807, 2.05) is 49.2 Å². The second-order valence-corrected chi connectivity index (χ2v) is 8.99. The van der Waals surface area contributed by atoms with Crippen LogP contribution in [-0.2, 0) is 13.1 Å². The molecule has 2 aromatic heterocycles. The largest absolute Gasteiger partial charge is 0.493 e. The number of aromatic nitrogens is 2. The Balaban J connectivity index is 1.73. The number of benzene rings is 1. The highest BCUT2D eigenvalue weighted by atomic mass is 16.5. The molecule has 35 heavy (non-hydrogen) atoms. The van der Waals surface area contributed by atoms with Gasteiger partial charge in [-0.3, -0.25) is 15.1 Å². The van der Waals surface area contributed by atoms with Gasteiger partial charge in [0.1, 0.15) is 12.0 Å². The summed E-state index contributed by atoms with van der Waals surface area (Å²) in [5.74, 6) is 2.00. The van der Waals surface area contributed by atoms with E-state index in [1.165, 1.54) is 0 Å². The highest BCUT2D eigenvalue weighted by Gasteiger charge is 2.29. The number of ether oxygens (including phenoxy) is 2. The summed E-state index contributed by atoms with van der Waals surface area (Å²) in [7, 11) is 3.19. The highest BCUT2D eigenvalue weighted by Crippen LogP contribution is 2.37. The number of aliphatic hydroxyl groups excluding tert-OH is 1. The summed E-state index contributed by atoms with van der Waals surface area (Å²) in [6.45, 7) is 8.68. The molecule has 4 N–H and O–H groups in total. The number of aromatic amines is 1. The van der Waals surface area contributed by atoms with E-state index >= 15 is 0 Å². The van der Waals surface area contributed by atoms with Gasteiger partial charge in [-0.15, -0.1) is 0 Å². The smallest absolute Gasteiger partial charge is 0.252 e. The first-order valence-electron chi connectivity index (χ1n) is 11.6. The van der Waals surface area contributed by atoms with Crippen molar-refractivity contribution in [1.82, 2.24) is 20.7 Å². The first kappa shape index (κ1) is 24.7. The molecule has 9 heteroatoms. The van der Waals surface area contributed by atoms with Gasteiger partial charge in [0.2, 0.25) is 0 Å². The molecule has 0 fully saturated rings. The molecule has 0 spiro atoms. The van der Waals surface area contributed by atoms with Crippen molar-refractivity contribution < 1.29 is 14.6 Å². The number of nitrogens with zero attached hydrogens (tertiary/aromatic N) is 2. The summed E-state index contributed by atoms with van der Waals surface area (Å²) in [6, 6.07) is 9.59. The summed E-state index contributed by atoms with van der Waals surface area (Å²) in [5, 5.41) is 16.4. The number of nitrogens with one attached hydrogen (secondary N) is 3.